The summed E-state index contributed by atoms with van der Waals surface area (Å²) in [5.74, 6) is -1.95. The molecule has 0 radical (unpaired) electrons. The number of rotatable bonds is 6. The van der Waals surface area contributed by atoms with Crippen molar-refractivity contribution >= 4 is 16.0 Å². The van der Waals surface area contributed by atoms with Gasteiger partial charge in [-0.1, -0.05) is 35.9 Å². The first-order valence-corrected chi connectivity index (χ1v) is 8.33. The summed E-state index contributed by atoms with van der Waals surface area (Å²) in [5.41, 5.74) is 1.01. The van der Waals surface area contributed by atoms with Gasteiger partial charge >= 0.3 is 5.97 Å². The molecule has 0 fully saturated rings. The molecular weight excluding hydrogens is 321 g/mol. The Kier molecular flexibility index (Phi) is 5.12. The second-order valence-electron chi connectivity index (χ2n) is 5.12. The first kappa shape index (κ1) is 17.1. The van der Waals surface area contributed by atoms with Crippen LogP contribution in [-0.2, 0) is 21.2 Å². The van der Waals surface area contributed by atoms with Gasteiger partial charge in [-0.3, -0.25) is 4.79 Å². The molecule has 1 unspecified atom stereocenters. The van der Waals surface area contributed by atoms with E-state index in [4.69, 9.17) is 0 Å². The molecular formula is C16H16FNO4S. The van der Waals surface area contributed by atoms with E-state index >= 15 is 0 Å². The highest BCUT2D eigenvalue weighted by atomic mass is 32.2. The number of hydrogen-bond donors (Lipinski definition) is 2. The quantitative estimate of drug-likeness (QED) is 0.846. The van der Waals surface area contributed by atoms with Crippen LogP contribution in [0.2, 0.25) is 0 Å². The lowest BCUT2D eigenvalue weighted by Gasteiger charge is -2.15. The number of nitrogens with one attached hydrogen (secondary N) is 1. The van der Waals surface area contributed by atoms with E-state index in [1.165, 1.54) is 30.3 Å². The van der Waals surface area contributed by atoms with Crippen LogP contribution in [0.4, 0.5) is 4.39 Å². The Morgan fingerprint density at radius 3 is 2.35 bits per heavy atom. The average molecular weight is 337 g/mol. The lowest BCUT2D eigenvalue weighted by molar-refractivity contribution is -0.138. The molecule has 23 heavy (non-hydrogen) atoms. The fourth-order valence-corrected chi connectivity index (χ4v) is 3.23. The maximum atomic E-state index is 13.6. The topological polar surface area (TPSA) is 83.5 Å². The molecule has 0 amide bonds. The van der Waals surface area contributed by atoms with Gasteiger partial charge in [-0.2, -0.15) is 4.72 Å². The van der Waals surface area contributed by atoms with E-state index < -0.39 is 27.9 Å². The van der Waals surface area contributed by atoms with Crippen LogP contribution < -0.4 is 4.72 Å². The average Bonchev–Trinajstić information content (AvgIpc) is 2.49. The van der Waals surface area contributed by atoms with Gasteiger partial charge in [0.05, 0.1) is 4.90 Å². The Balaban J connectivity index is 2.24. The van der Waals surface area contributed by atoms with Crippen LogP contribution >= 0.6 is 0 Å². The molecule has 1 atom stereocenters. The van der Waals surface area contributed by atoms with Crippen molar-refractivity contribution in [3.8, 4) is 0 Å². The molecule has 122 valence electrons. The molecule has 0 aliphatic carbocycles. The van der Waals surface area contributed by atoms with Crippen molar-refractivity contribution in [1.29, 1.82) is 0 Å². The molecule has 0 aliphatic heterocycles. The molecule has 0 aromatic heterocycles. The Bertz CT molecular complexity index is 803. The third-order valence-corrected chi connectivity index (χ3v) is 4.80. The fraction of sp³-hybridized carbons (Fsp3) is 0.188. The summed E-state index contributed by atoms with van der Waals surface area (Å²) in [5, 5.41) is 9.23. The van der Waals surface area contributed by atoms with Crippen molar-refractivity contribution in [3.63, 3.8) is 0 Å². The molecule has 7 heteroatoms. The SMILES string of the molecule is Cc1ccc(S(=O)(=O)NC(Cc2ccccc2F)C(=O)O)cc1. The zero-order valence-electron chi connectivity index (χ0n) is 12.4. The van der Waals surface area contributed by atoms with Crippen molar-refractivity contribution in [3.05, 3.63) is 65.5 Å². The number of aliphatic carboxylic acids is 1. The molecule has 0 saturated carbocycles. The highest BCUT2D eigenvalue weighted by Crippen LogP contribution is 2.14. The van der Waals surface area contributed by atoms with E-state index in [1.807, 2.05) is 6.92 Å². The minimum absolute atomic E-state index is 0.0390. The highest BCUT2D eigenvalue weighted by Gasteiger charge is 2.26. The molecule has 0 spiro atoms. The van der Waals surface area contributed by atoms with Crippen LogP contribution in [0.5, 0.6) is 0 Å². The molecule has 2 aromatic carbocycles. The van der Waals surface area contributed by atoms with Crippen LogP contribution in [0.3, 0.4) is 0 Å². The third kappa shape index (κ3) is 4.37. The number of aryl methyl sites for hydroxylation is 1. The van der Waals surface area contributed by atoms with Crippen LogP contribution in [0.25, 0.3) is 0 Å². The largest absolute Gasteiger partial charge is 0.480 e. The summed E-state index contributed by atoms with van der Waals surface area (Å²) < 4.78 is 40.3. The Morgan fingerprint density at radius 1 is 1.17 bits per heavy atom. The van der Waals surface area contributed by atoms with E-state index in [1.54, 1.807) is 18.2 Å². The zero-order chi connectivity index (χ0) is 17.0. The second kappa shape index (κ2) is 6.89. The monoisotopic (exact) mass is 337 g/mol. The lowest BCUT2D eigenvalue weighted by atomic mass is 10.1. The molecule has 0 saturated heterocycles. The van der Waals surface area contributed by atoms with Crippen molar-refractivity contribution in [2.75, 3.05) is 0 Å². The predicted octanol–water partition coefficient (Wildman–Crippen LogP) is 2.11. The van der Waals surface area contributed by atoms with Gasteiger partial charge in [-0.25, -0.2) is 12.8 Å². The molecule has 0 bridgehead atoms. The summed E-state index contributed by atoms with van der Waals surface area (Å²) in [4.78, 5) is 11.3. The minimum atomic E-state index is -4.01. The molecule has 0 heterocycles. The first-order chi connectivity index (χ1) is 10.8. The molecule has 2 rings (SSSR count). The normalized spacial score (nSPS) is 12.8. The summed E-state index contributed by atoms with van der Waals surface area (Å²) >= 11 is 0. The van der Waals surface area contributed by atoms with E-state index in [0.29, 0.717) is 0 Å². The number of benzene rings is 2. The molecule has 0 aliphatic rings. The molecule has 2 aromatic rings. The predicted molar refractivity (Wildman–Crippen MR) is 83.0 cm³/mol. The van der Waals surface area contributed by atoms with E-state index in [2.05, 4.69) is 4.72 Å². The van der Waals surface area contributed by atoms with Crippen LogP contribution in [-0.4, -0.2) is 25.5 Å². The zero-order valence-corrected chi connectivity index (χ0v) is 13.2. The minimum Gasteiger partial charge on any atom is -0.480 e. The summed E-state index contributed by atoms with van der Waals surface area (Å²) in [7, 11) is -4.01. The number of hydrogen-bond acceptors (Lipinski definition) is 3. The van der Waals surface area contributed by atoms with Gasteiger partial charge in [-0.05, 0) is 30.7 Å². The van der Waals surface area contributed by atoms with Gasteiger partial charge < -0.3 is 5.11 Å². The fourth-order valence-electron chi connectivity index (χ4n) is 2.04. The lowest BCUT2D eigenvalue weighted by Crippen LogP contribution is -2.42. The van der Waals surface area contributed by atoms with Gasteiger partial charge in [-0.15, -0.1) is 0 Å². The maximum absolute atomic E-state index is 13.6. The van der Waals surface area contributed by atoms with Crippen molar-refractivity contribution in [1.82, 2.24) is 4.72 Å². The Morgan fingerprint density at radius 2 is 1.78 bits per heavy atom. The number of carbonyl (C=O) groups is 1. The summed E-state index contributed by atoms with van der Waals surface area (Å²) in [6.07, 6.45) is -0.285. The van der Waals surface area contributed by atoms with Gasteiger partial charge in [0.15, 0.2) is 0 Å². The Labute approximate surface area is 133 Å². The number of halogens is 1. The van der Waals surface area contributed by atoms with E-state index in [-0.39, 0.29) is 16.9 Å². The van der Waals surface area contributed by atoms with Crippen LogP contribution in [0.1, 0.15) is 11.1 Å². The van der Waals surface area contributed by atoms with Crippen molar-refractivity contribution in [2.45, 2.75) is 24.3 Å². The smallest absolute Gasteiger partial charge is 0.322 e. The summed E-state index contributed by atoms with van der Waals surface area (Å²) in [6.45, 7) is 1.81. The molecule has 5 nitrogen and oxygen atoms in total. The standard InChI is InChI=1S/C16H16FNO4S/c1-11-6-8-13(9-7-11)23(21,22)18-15(16(19)20)10-12-4-2-3-5-14(12)17/h2-9,15,18H,10H2,1H3,(H,19,20). The summed E-state index contributed by atoms with van der Waals surface area (Å²) in [6, 6.07) is 10.2. The van der Waals surface area contributed by atoms with E-state index in [0.717, 1.165) is 5.56 Å². The number of carboxylic acids is 1. The number of carboxylic acid groups (broad SMARTS) is 1. The van der Waals surface area contributed by atoms with Gasteiger partial charge in [0.2, 0.25) is 10.0 Å². The number of sulfonamides is 1. The highest BCUT2D eigenvalue weighted by molar-refractivity contribution is 7.89. The third-order valence-electron chi connectivity index (χ3n) is 3.31. The second-order valence-corrected chi connectivity index (χ2v) is 6.83. The van der Waals surface area contributed by atoms with Crippen molar-refractivity contribution in [2.24, 2.45) is 0 Å². The maximum Gasteiger partial charge on any atom is 0.322 e. The van der Waals surface area contributed by atoms with Crippen LogP contribution in [0, 0.1) is 12.7 Å². The van der Waals surface area contributed by atoms with E-state index in [9.17, 15) is 22.7 Å². The Hall–Kier alpha value is -2.25. The van der Waals surface area contributed by atoms with Gasteiger partial charge in [0.25, 0.3) is 0 Å². The first-order valence-electron chi connectivity index (χ1n) is 6.85. The molecule has 2 N–H and O–H groups in total. The van der Waals surface area contributed by atoms with Gasteiger partial charge in [0.1, 0.15) is 11.9 Å². The van der Waals surface area contributed by atoms with Crippen molar-refractivity contribution < 1.29 is 22.7 Å². The van der Waals surface area contributed by atoms with Gasteiger partial charge in [0, 0.05) is 6.42 Å². The van der Waals surface area contributed by atoms with Crippen LogP contribution in [0.15, 0.2) is 53.4 Å².